The fraction of sp³-hybridized carbons (Fsp3) is 0.556. The van der Waals surface area contributed by atoms with E-state index in [1.54, 1.807) is 0 Å². The van der Waals surface area contributed by atoms with Gasteiger partial charge >= 0.3 is 6.18 Å². The van der Waals surface area contributed by atoms with Crippen molar-refractivity contribution in [2.24, 2.45) is 5.92 Å². The second kappa shape index (κ2) is 13.6. The van der Waals surface area contributed by atoms with Gasteiger partial charge in [-0.15, -0.1) is 0 Å². The number of rotatable bonds is 7. The van der Waals surface area contributed by atoms with Gasteiger partial charge in [-0.3, -0.25) is 9.69 Å². The van der Waals surface area contributed by atoms with Gasteiger partial charge in [0.15, 0.2) is 0 Å². The summed E-state index contributed by atoms with van der Waals surface area (Å²) in [5, 5.41) is 4.14. The Hall–Kier alpha value is -2.97. The molecule has 1 saturated carbocycles. The summed E-state index contributed by atoms with van der Waals surface area (Å²) in [7, 11) is 0. The lowest BCUT2D eigenvalue weighted by molar-refractivity contribution is -0.137. The van der Waals surface area contributed by atoms with Gasteiger partial charge in [-0.25, -0.2) is 4.98 Å². The lowest BCUT2D eigenvalue weighted by atomic mass is 9.84. The Labute approximate surface area is 259 Å². The Balaban J connectivity index is 1.36. The van der Waals surface area contributed by atoms with Gasteiger partial charge in [0.05, 0.1) is 22.3 Å². The monoisotopic (exact) mass is 606 g/mol. The largest absolute Gasteiger partial charge is 0.416 e. The van der Waals surface area contributed by atoms with Crippen LogP contribution < -0.4 is 5.32 Å². The van der Waals surface area contributed by atoms with Crippen molar-refractivity contribution in [3.05, 3.63) is 65.2 Å². The van der Waals surface area contributed by atoms with E-state index >= 15 is 0 Å². The third-order valence-electron chi connectivity index (χ3n) is 10.3. The second-order valence-corrected chi connectivity index (χ2v) is 13.2. The molecule has 1 N–H and O–H groups in total. The van der Waals surface area contributed by atoms with Crippen LogP contribution in [0.3, 0.4) is 0 Å². The first kappa shape index (κ1) is 31.0. The number of hydrogen-bond acceptors (Lipinski definition) is 4. The van der Waals surface area contributed by atoms with E-state index in [4.69, 9.17) is 4.98 Å². The lowest BCUT2D eigenvalue weighted by Gasteiger charge is -2.40. The third-order valence-corrected chi connectivity index (χ3v) is 10.3. The predicted octanol–water partition coefficient (Wildman–Crippen LogP) is 8.07. The number of aromatic nitrogens is 1. The molecule has 44 heavy (non-hydrogen) atoms. The van der Waals surface area contributed by atoms with Crippen molar-refractivity contribution in [2.75, 3.05) is 26.2 Å². The van der Waals surface area contributed by atoms with Crippen molar-refractivity contribution in [3.8, 4) is 11.3 Å². The molecular formula is C36H45F3N4O. The SMILES string of the molecule is C[C@@H](NC(=O)c1c(CN2CCC(N3CCCCC3)CC2)c(-c2ccc(C(F)(F)F)cc2)nc2ccccc12)C1CCCCC1. The minimum Gasteiger partial charge on any atom is -0.349 e. The van der Waals surface area contributed by atoms with Crippen LogP contribution in [0, 0.1) is 5.92 Å². The van der Waals surface area contributed by atoms with Crippen LogP contribution in [-0.2, 0) is 12.7 Å². The van der Waals surface area contributed by atoms with Crippen LogP contribution in [0.2, 0.25) is 0 Å². The van der Waals surface area contributed by atoms with Crippen LogP contribution >= 0.6 is 0 Å². The Morgan fingerprint density at radius 2 is 1.55 bits per heavy atom. The summed E-state index contributed by atoms with van der Waals surface area (Å²) >= 11 is 0. The van der Waals surface area contributed by atoms with E-state index in [-0.39, 0.29) is 11.9 Å². The van der Waals surface area contributed by atoms with Crippen LogP contribution in [0.25, 0.3) is 22.2 Å². The number of carbonyl (C=O) groups excluding carboxylic acids is 1. The minimum atomic E-state index is -4.42. The molecule has 3 fully saturated rings. The quantitative estimate of drug-likeness (QED) is 0.296. The average molecular weight is 607 g/mol. The molecule has 0 radical (unpaired) electrons. The number of nitrogens with zero attached hydrogens (tertiary/aromatic N) is 3. The van der Waals surface area contributed by atoms with Crippen molar-refractivity contribution >= 4 is 16.8 Å². The lowest BCUT2D eigenvalue weighted by Crippen LogP contribution is -2.46. The van der Waals surface area contributed by atoms with Gasteiger partial charge in [-0.1, -0.05) is 56.0 Å². The fourth-order valence-electron chi connectivity index (χ4n) is 7.70. The van der Waals surface area contributed by atoms with Crippen LogP contribution in [0.1, 0.15) is 92.6 Å². The predicted molar refractivity (Wildman–Crippen MR) is 169 cm³/mol. The topological polar surface area (TPSA) is 48.5 Å². The maximum absolute atomic E-state index is 14.3. The van der Waals surface area contributed by atoms with Crippen LogP contribution in [0.5, 0.6) is 0 Å². The van der Waals surface area contributed by atoms with Crippen LogP contribution in [-0.4, -0.2) is 59.0 Å². The minimum absolute atomic E-state index is 0.0392. The van der Waals surface area contributed by atoms with Gasteiger partial charge in [0, 0.05) is 35.1 Å². The number of pyridine rings is 1. The Morgan fingerprint density at radius 3 is 2.23 bits per heavy atom. The molecule has 0 unspecified atom stereocenters. The van der Waals surface area contributed by atoms with Crippen LogP contribution in [0.15, 0.2) is 48.5 Å². The summed E-state index contributed by atoms with van der Waals surface area (Å²) in [4.78, 5) is 24.4. The molecule has 1 atom stereocenters. The van der Waals surface area contributed by atoms with E-state index in [1.165, 1.54) is 63.7 Å². The van der Waals surface area contributed by atoms with Gasteiger partial charge in [-0.2, -0.15) is 13.2 Å². The molecule has 5 nitrogen and oxygen atoms in total. The zero-order valence-corrected chi connectivity index (χ0v) is 25.8. The highest BCUT2D eigenvalue weighted by atomic mass is 19.4. The van der Waals surface area contributed by atoms with Crippen molar-refractivity contribution in [1.82, 2.24) is 20.1 Å². The number of alkyl halides is 3. The van der Waals surface area contributed by atoms with Gasteiger partial charge < -0.3 is 10.2 Å². The Morgan fingerprint density at radius 1 is 0.886 bits per heavy atom. The van der Waals surface area contributed by atoms with Gasteiger partial charge in [0.1, 0.15) is 0 Å². The molecule has 2 aromatic carbocycles. The number of halogens is 3. The molecule has 2 saturated heterocycles. The molecule has 2 aliphatic heterocycles. The van der Waals surface area contributed by atoms with Crippen molar-refractivity contribution < 1.29 is 18.0 Å². The molecule has 6 rings (SSSR count). The third kappa shape index (κ3) is 6.96. The van der Waals surface area contributed by atoms with E-state index in [0.717, 1.165) is 61.9 Å². The summed E-state index contributed by atoms with van der Waals surface area (Å²) in [5.41, 5.74) is 2.56. The molecule has 236 valence electrons. The maximum Gasteiger partial charge on any atom is 0.416 e. The number of amides is 1. The van der Waals surface area contributed by atoms with Gasteiger partial charge in [0.2, 0.25) is 0 Å². The molecule has 1 aliphatic carbocycles. The number of para-hydroxylation sites is 1. The van der Waals surface area contributed by atoms with Gasteiger partial charge in [0.25, 0.3) is 5.91 Å². The number of likely N-dealkylation sites (tertiary alicyclic amines) is 2. The van der Waals surface area contributed by atoms with Crippen LogP contribution in [0.4, 0.5) is 13.2 Å². The first-order valence-corrected chi connectivity index (χ1v) is 16.6. The summed E-state index contributed by atoms with van der Waals surface area (Å²) in [6.07, 6.45) is 7.49. The maximum atomic E-state index is 14.3. The molecule has 0 spiro atoms. The van der Waals surface area contributed by atoms with Crippen molar-refractivity contribution in [3.63, 3.8) is 0 Å². The van der Waals surface area contributed by atoms with E-state index in [9.17, 15) is 18.0 Å². The fourth-order valence-corrected chi connectivity index (χ4v) is 7.70. The summed E-state index contributed by atoms with van der Waals surface area (Å²) in [5.74, 6) is 0.334. The normalized spacial score (nSPS) is 20.5. The van der Waals surface area contributed by atoms with Gasteiger partial charge in [-0.05, 0) is 95.7 Å². The van der Waals surface area contributed by atoms with E-state index in [2.05, 4.69) is 22.0 Å². The number of piperidine rings is 2. The highest BCUT2D eigenvalue weighted by Crippen LogP contribution is 2.36. The summed E-state index contributed by atoms with van der Waals surface area (Å²) in [6.45, 7) is 6.84. The molecule has 0 bridgehead atoms. The number of benzene rings is 2. The van der Waals surface area contributed by atoms with Crippen molar-refractivity contribution in [1.29, 1.82) is 0 Å². The highest BCUT2D eigenvalue weighted by molar-refractivity contribution is 6.09. The molecule has 3 aromatic rings. The number of hydrogen-bond donors (Lipinski definition) is 1. The molecule has 1 amide bonds. The summed E-state index contributed by atoms with van der Waals surface area (Å²) in [6, 6.07) is 13.5. The van der Waals surface area contributed by atoms with E-state index in [0.29, 0.717) is 40.8 Å². The van der Waals surface area contributed by atoms with E-state index < -0.39 is 11.7 Å². The smallest absolute Gasteiger partial charge is 0.349 e. The Bertz CT molecular complexity index is 1420. The number of carbonyl (C=O) groups is 1. The highest BCUT2D eigenvalue weighted by Gasteiger charge is 2.32. The zero-order chi connectivity index (χ0) is 30.7. The molecule has 3 aliphatic rings. The Kier molecular flexibility index (Phi) is 9.57. The van der Waals surface area contributed by atoms with E-state index in [1.807, 2.05) is 24.3 Å². The average Bonchev–Trinajstić information content (AvgIpc) is 3.05. The first-order chi connectivity index (χ1) is 21.3. The molecule has 8 heteroatoms. The first-order valence-electron chi connectivity index (χ1n) is 16.6. The molecule has 3 heterocycles. The second-order valence-electron chi connectivity index (χ2n) is 13.2. The number of fused-ring (bicyclic) bond motifs is 1. The zero-order valence-electron chi connectivity index (χ0n) is 25.8. The van der Waals surface area contributed by atoms with Crippen molar-refractivity contribution in [2.45, 2.75) is 95.9 Å². The molecular weight excluding hydrogens is 561 g/mol. The summed E-state index contributed by atoms with van der Waals surface area (Å²) < 4.78 is 40.4. The number of nitrogens with one attached hydrogen (secondary N) is 1. The molecule has 1 aromatic heterocycles. The standard InChI is InChI=1S/C36H45F3N4O/c1-25(26-10-4-2-5-11-26)40-35(44)33-30-12-6-7-13-32(30)41-34(27-14-16-28(17-15-27)36(37,38)39)31(33)24-42-22-18-29(19-23-42)43-20-8-3-9-21-43/h6-7,12-17,25-26,29H,2-5,8-11,18-24H2,1H3,(H,40,44)/t25-/m1/s1.